The molecule has 0 fully saturated rings. The Labute approximate surface area is 192 Å². The Kier molecular flexibility index (Phi) is 7.01. The van der Waals surface area contributed by atoms with E-state index in [1.54, 1.807) is 18.3 Å². The molecule has 172 valence electrons. The third-order valence-electron chi connectivity index (χ3n) is 4.94. The Morgan fingerprint density at radius 1 is 1.00 bits per heavy atom. The molecule has 1 aliphatic heterocycles. The lowest BCUT2D eigenvalue weighted by atomic mass is 10.2. The van der Waals surface area contributed by atoms with Gasteiger partial charge >= 0.3 is 6.03 Å². The molecule has 0 spiro atoms. The van der Waals surface area contributed by atoms with Crippen LogP contribution in [0.15, 0.2) is 65.7 Å². The first-order valence-electron chi connectivity index (χ1n) is 10.5. The topological polar surface area (TPSA) is 137 Å². The molecule has 3 aromatic rings. The third-order valence-corrected chi connectivity index (χ3v) is 6.40. The third kappa shape index (κ3) is 6.18. The fraction of sp³-hybridized carbons (Fsp3) is 0.227. The average Bonchev–Trinajstić information content (AvgIpc) is 2.82. The SMILES string of the molecule is O=C(NCc1ccccc1)NCc1cnc2nc1NCCCNS(=O)(=O)c1cccc(c1)N2. The van der Waals surface area contributed by atoms with Crippen LogP contribution in [0.1, 0.15) is 17.5 Å². The van der Waals surface area contributed by atoms with Crippen LogP contribution in [-0.2, 0) is 23.1 Å². The minimum atomic E-state index is -3.60. The summed E-state index contributed by atoms with van der Waals surface area (Å²) in [5.74, 6) is 0.880. The Bertz CT molecular complexity index is 1220. The molecule has 1 aliphatic rings. The molecular formula is C22H25N7O3S. The molecule has 33 heavy (non-hydrogen) atoms. The zero-order valence-corrected chi connectivity index (χ0v) is 18.7. The van der Waals surface area contributed by atoms with Gasteiger partial charge in [0.25, 0.3) is 0 Å². The van der Waals surface area contributed by atoms with Crippen molar-refractivity contribution in [2.75, 3.05) is 23.7 Å². The molecule has 4 bridgehead atoms. The fourth-order valence-electron chi connectivity index (χ4n) is 3.22. The van der Waals surface area contributed by atoms with Gasteiger partial charge in [0.1, 0.15) is 5.82 Å². The van der Waals surface area contributed by atoms with E-state index >= 15 is 0 Å². The van der Waals surface area contributed by atoms with E-state index in [1.165, 1.54) is 12.1 Å². The first kappa shape index (κ1) is 22.5. The lowest BCUT2D eigenvalue weighted by Crippen LogP contribution is -2.34. The minimum Gasteiger partial charge on any atom is -0.370 e. The van der Waals surface area contributed by atoms with E-state index in [0.29, 0.717) is 42.5 Å². The highest BCUT2D eigenvalue weighted by Crippen LogP contribution is 2.21. The molecule has 4 rings (SSSR count). The van der Waals surface area contributed by atoms with Gasteiger partial charge in [0.2, 0.25) is 16.0 Å². The van der Waals surface area contributed by atoms with E-state index in [0.717, 1.165) is 5.56 Å². The minimum absolute atomic E-state index is 0.169. The van der Waals surface area contributed by atoms with E-state index in [-0.39, 0.29) is 24.0 Å². The van der Waals surface area contributed by atoms with E-state index in [9.17, 15) is 13.2 Å². The molecule has 0 aliphatic carbocycles. The molecule has 5 N–H and O–H groups in total. The van der Waals surface area contributed by atoms with Gasteiger partial charge in [-0.25, -0.2) is 22.9 Å². The molecular weight excluding hydrogens is 442 g/mol. The molecule has 0 saturated heterocycles. The van der Waals surface area contributed by atoms with Crippen molar-refractivity contribution in [3.63, 3.8) is 0 Å². The summed E-state index contributed by atoms with van der Waals surface area (Å²) >= 11 is 0. The molecule has 2 heterocycles. The monoisotopic (exact) mass is 467 g/mol. The maximum absolute atomic E-state index is 12.5. The predicted octanol–water partition coefficient (Wildman–Crippen LogP) is 2.31. The van der Waals surface area contributed by atoms with E-state index in [2.05, 4.69) is 36.0 Å². The standard InChI is InChI=1S/C22H25N7O3S/c30-22(25-13-16-6-2-1-3-7-16)26-15-17-14-24-21-28-18-8-4-9-19(12-18)33(31,32)27-11-5-10-23-20(17)29-21/h1-4,6-9,12,14,27H,5,10-11,13,15H2,(H2,25,26,30)(H2,23,24,28,29). The van der Waals surface area contributed by atoms with Gasteiger partial charge in [-0.05, 0) is 30.2 Å². The van der Waals surface area contributed by atoms with Crippen LogP contribution in [0, 0.1) is 0 Å². The van der Waals surface area contributed by atoms with Crippen LogP contribution in [0.4, 0.5) is 22.2 Å². The highest BCUT2D eigenvalue weighted by molar-refractivity contribution is 7.89. The number of anilines is 3. The molecule has 2 amide bonds. The number of aromatic nitrogens is 2. The summed E-state index contributed by atoms with van der Waals surface area (Å²) in [4.78, 5) is 21.2. The Balaban J connectivity index is 1.45. The number of hydrogen-bond donors (Lipinski definition) is 5. The van der Waals surface area contributed by atoms with Gasteiger partial charge in [0, 0.05) is 43.6 Å². The van der Waals surface area contributed by atoms with Crippen molar-refractivity contribution in [2.24, 2.45) is 0 Å². The Morgan fingerprint density at radius 2 is 1.82 bits per heavy atom. The number of nitrogens with zero attached hydrogens (tertiary/aromatic N) is 2. The van der Waals surface area contributed by atoms with Gasteiger partial charge in [-0.3, -0.25) is 0 Å². The van der Waals surface area contributed by atoms with Gasteiger partial charge in [0.05, 0.1) is 4.90 Å². The normalized spacial score (nSPS) is 14.9. The van der Waals surface area contributed by atoms with E-state index in [1.807, 2.05) is 30.3 Å². The summed E-state index contributed by atoms with van der Waals surface area (Å²) in [6.45, 7) is 1.42. The largest absolute Gasteiger partial charge is 0.370 e. The molecule has 2 aromatic carbocycles. The van der Waals surface area contributed by atoms with Crippen molar-refractivity contribution in [1.29, 1.82) is 0 Å². The maximum Gasteiger partial charge on any atom is 0.315 e. The predicted molar refractivity (Wildman–Crippen MR) is 126 cm³/mol. The number of benzene rings is 2. The van der Waals surface area contributed by atoms with Crippen LogP contribution in [0.3, 0.4) is 0 Å². The van der Waals surface area contributed by atoms with E-state index in [4.69, 9.17) is 0 Å². The number of carbonyl (C=O) groups excluding carboxylic acids is 1. The Hall–Kier alpha value is -3.70. The zero-order valence-electron chi connectivity index (χ0n) is 17.8. The molecule has 0 radical (unpaired) electrons. The summed E-state index contributed by atoms with van der Waals surface area (Å²) in [6, 6.07) is 15.8. The quantitative estimate of drug-likeness (QED) is 0.397. The van der Waals surface area contributed by atoms with Crippen LogP contribution in [-0.4, -0.2) is 37.5 Å². The molecule has 0 unspecified atom stereocenters. The van der Waals surface area contributed by atoms with Gasteiger partial charge < -0.3 is 21.3 Å². The van der Waals surface area contributed by atoms with Crippen molar-refractivity contribution in [1.82, 2.24) is 25.3 Å². The van der Waals surface area contributed by atoms with Crippen molar-refractivity contribution >= 4 is 33.5 Å². The number of carbonyl (C=O) groups is 1. The second kappa shape index (κ2) is 10.3. The molecule has 0 atom stereocenters. The van der Waals surface area contributed by atoms with Crippen molar-refractivity contribution < 1.29 is 13.2 Å². The zero-order chi connectivity index (χ0) is 23.1. The van der Waals surface area contributed by atoms with Gasteiger partial charge in [-0.2, -0.15) is 4.98 Å². The highest BCUT2D eigenvalue weighted by Gasteiger charge is 2.16. The van der Waals surface area contributed by atoms with Crippen molar-refractivity contribution in [3.05, 3.63) is 71.9 Å². The Morgan fingerprint density at radius 3 is 2.67 bits per heavy atom. The molecule has 11 heteroatoms. The van der Waals surface area contributed by atoms with Crippen molar-refractivity contribution in [2.45, 2.75) is 24.4 Å². The van der Waals surface area contributed by atoms with Crippen molar-refractivity contribution in [3.8, 4) is 0 Å². The lowest BCUT2D eigenvalue weighted by molar-refractivity contribution is 0.240. The first-order chi connectivity index (χ1) is 16.0. The highest BCUT2D eigenvalue weighted by atomic mass is 32.2. The van der Waals surface area contributed by atoms with Crippen LogP contribution < -0.4 is 26.0 Å². The first-order valence-corrected chi connectivity index (χ1v) is 12.0. The number of sulfonamides is 1. The van der Waals surface area contributed by atoms with Gasteiger partial charge in [0.15, 0.2) is 0 Å². The number of nitrogens with one attached hydrogen (secondary N) is 5. The molecule has 10 nitrogen and oxygen atoms in total. The average molecular weight is 468 g/mol. The summed E-state index contributed by atoms with van der Waals surface area (Å²) in [5.41, 5.74) is 2.26. The second-order valence-corrected chi connectivity index (χ2v) is 9.19. The van der Waals surface area contributed by atoms with E-state index < -0.39 is 10.0 Å². The number of rotatable bonds is 4. The lowest BCUT2D eigenvalue weighted by Gasteiger charge is -2.14. The van der Waals surface area contributed by atoms with Crippen LogP contribution in [0.25, 0.3) is 0 Å². The molecule has 0 saturated carbocycles. The van der Waals surface area contributed by atoms with Gasteiger partial charge in [-0.15, -0.1) is 0 Å². The number of fused-ring (bicyclic) bond motifs is 4. The van der Waals surface area contributed by atoms with Crippen LogP contribution in [0.2, 0.25) is 0 Å². The summed E-state index contributed by atoms with van der Waals surface area (Å²) in [7, 11) is -3.60. The smallest absolute Gasteiger partial charge is 0.315 e. The number of hydrogen-bond acceptors (Lipinski definition) is 7. The van der Waals surface area contributed by atoms with Crippen LogP contribution in [0.5, 0.6) is 0 Å². The number of urea groups is 1. The summed E-state index contributed by atoms with van der Waals surface area (Å²) in [6.07, 6.45) is 2.18. The summed E-state index contributed by atoms with van der Waals surface area (Å²) < 4.78 is 27.5. The second-order valence-electron chi connectivity index (χ2n) is 7.42. The molecule has 1 aromatic heterocycles. The van der Waals surface area contributed by atoms with Gasteiger partial charge in [-0.1, -0.05) is 36.4 Å². The number of amides is 2. The maximum atomic E-state index is 12.5. The fourth-order valence-corrected chi connectivity index (χ4v) is 4.34. The van der Waals surface area contributed by atoms with Crippen LogP contribution >= 0.6 is 0 Å². The summed E-state index contributed by atoms with van der Waals surface area (Å²) in [5, 5.41) is 11.9.